The predicted octanol–water partition coefficient (Wildman–Crippen LogP) is 4.14. The lowest BCUT2D eigenvalue weighted by atomic mass is 10.1. The Morgan fingerprint density at radius 3 is 2.68 bits per heavy atom. The van der Waals surface area contributed by atoms with Crippen LogP contribution in [-0.4, -0.2) is 18.3 Å². The third-order valence-electron chi connectivity index (χ3n) is 3.06. The van der Waals surface area contributed by atoms with E-state index in [0.29, 0.717) is 37.3 Å². The zero-order valence-corrected chi connectivity index (χ0v) is 13.3. The summed E-state index contributed by atoms with van der Waals surface area (Å²) >= 11 is 1.43. The van der Waals surface area contributed by atoms with E-state index in [1.807, 2.05) is 42.6 Å². The molecule has 4 nitrogen and oxygen atoms in total. The number of ether oxygens (including phenoxy) is 1. The molecule has 1 N–H and O–H groups in total. The molecule has 0 spiro atoms. The number of benzene rings is 1. The molecule has 1 aromatic heterocycles. The molecule has 0 saturated carbocycles. The van der Waals surface area contributed by atoms with Crippen LogP contribution in [0.5, 0.6) is 5.75 Å². The predicted molar refractivity (Wildman–Crippen MR) is 88.7 cm³/mol. The summed E-state index contributed by atoms with van der Waals surface area (Å²) in [6.07, 6.45) is 1.25. The van der Waals surface area contributed by atoms with Gasteiger partial charge in [0.25, 0.3) is 0 Å². The summed E-state index contributed by atoms with van der Waals surface area (Å²) in [5.41, 5.74) is 0.666. The lowest BCUT2D eigenvalue weighted by Gasteiger charge is -2.11. The first kappa shape index (κ1) is 16.2. The number of para-hydroxylation sites is 2. The third kappa shape index (κ3) is 4.70. The number of nitrogens with one attached hydrogen (secondary N) is 1. The van der Waals surface area contributed by atoms with Gasteiger partial charge >= 0.3 is 0 Å². The van der Waals surface area contributed by atoms with Crippen LogP contribution in [0.3, 0.4) is 0 Å². The molecule has 0 aliphatic rings. The zero-order chi connectivity index (χ0) is 15.8. The maximum Gasteiger partial charge on any atom is 0.224 e. The van der Waals surface area contributed by atoms with E-state index in [2.05, 4.69) is 5.32 Å². The van der Waals surface area contributed by atoms with E-state index in [1.54, 1.807) is 6.07 Å². The number of carbonyl (C=O) groups is 2. The van der Waals surface area contributed by atoms with E-state index in [-0.39, 0.29) is 11.7 Å². The minimum atomic E-state index is -0.105. The number of hydrogen-bond acceptors (Lipinski definition) is 4. The summed E-state index contributed by atoms with van der Waals surface area (Å²) in [4.78, 5) is 24.6. The number of Topliss-reactive ketones (excluding diaryl/α,β-unsaturated/α-hetero) is 1. The molecule has 1 amide bonds. The van der Waals surface area contributed by atoms with Crippen LogP contribution in [0.25, 0.3) is 0 Å². The van der Waals surface area contributed by atoms with Gasteiger partial charge in [-0.25, -0.2) is 0 Å². The van der Waals surface area contributed by atoms with Gasteiger partial charge in [0.15, 0.2) is 5.78 Å². The molecule has 0 aliphatic carbocycles. The second-order valence-corrected chi connectivity index (χ2v) is 5.68. The van der Waals surface area contributed by atoms with Crippen molar-refractivity contribution in [3.8, 4) is 5.75 Å². The van der Waals surface area contributed by atoms with Crippen LogP contribution in [0.2, 0.25) is 0 Å². The molecule has 0 atom stereocenters. The first-order chi connectivity index (χ1) is 10.7. The molecule has 2 aromatic rings. The Hall–Kier alpha value is -2.14. The van der Waals surface area contributed by atoms with E-state index in [0.717, 1.165) is 4.88 Å². The van der Waals surface area contributed by atoms with Gasteiger partial charge in [-0.3, -0.25) is 9.59 Å². The van der Waals surface area contributed by atoms with Gasteiger partial charge in [-0.1, -0.05) is 18.2 Å². The van der Waals surface area contributed by atoms with Crippen LogP contribution in [-0.2, 0) is 4.79 Å². The maximum atomic E-state index is 12.0. The maximum absolute atomic E-state index is 12.0. The molecule has 1 heterocycles. The number of thiophene rings is 1. The number of amides is 1. The fourth-order valence-corrected chi connectivity index (χ4v) is 2.73. The van der Waals surface area contributed by atoms with Crippen molar-refractivity contribution in [2.75, 3.05) is 11.9 Å². The van der Waals surface area contributed by atoms with E-state index in [1.165, 1.54) is 11.3 Å². The molecule has 5 heteroatoms. The van der Waals surface area contributed by atoms with Crippen molar-refractivity contribution < 1.29 is 14.3 Å². The lowest BCUT2D eigenvalue weighted by Crippen LogP contribution is -2.13. The molecule has 0 fully saturated rings. The van der Waals surface area contributed by atoms with Crippen molar-refractivity contribution in [3.63, 3.8) is 0 Å². The highest BCUT2D eigenvalue weighted by molar-refractivity contribution is 7.12. The van der Waals surface area contributed by atoms with Gasteiger partial charge in [0.2, 0.25) is 5.91 Å². The smallest absolute Gasteiger partial charge is 0.224 e. The fourth-order valence-electron chi connectivity index (χ4n) is 2.03. The van der Waals surface area contributed by atoms with Gasteiger partial charge in [-0.2, -0.15) is 0 Å². The van der Waals surface area contributed by atoms with Crippen LogP contribution >= 0.6 is 11.3 Å². The summed E-state index contributed by atoms with van der Waals surface area (Å²) in [5.74, 6) is 0.650. The van der Waals surface area contributed by atoms with Gasteiger partial charge in [0.05, 0.1) is 17.2 Å². The standard InChI is InChI=1S/C17H19NO3S/c1-2-21-15-9-4-3-7-13(15)18-17(20)11-5-8-14(19)16-10-6-12-22-16/h3-4,6-7,9-10,12H,2,5,8,11H2,1H3,(H,18,20). The molecule has 0 aliphatic heterocycles. The molecule has 0 saturated heterocycles. The molecular weight excluding hydrogens is 298 g/mol. The van der Waals surface area contributed by atoms with Crippen LogP contribution < -0.4 is 10.1 Å². The quantitative estimate of drug-likeness (QED) is 0.745. The Bertz CT molecular complexity index is 623. The molecule has 116 valence electrons. The summed E-state index contributed by atoms with van der Waals surface area (Å²) in [6, 6.07) is 11.0. The highest BCUT2D eigenvalue weighted by Crippen LogP contribution is 2.24. The molecular formula is C17H19NO3S. The van der Waals surface area contributed by atoms with Crippen LogP contribution in [0.15, 0.2) is 41.8 Å². The van der Waals surface area contributed by atoms with Gasteiger partial charge in [0, 0.05) is 12.8 Å². The monoisotopic (exact) mass is 317 g/mol. The number of ketones is 1. The summed E-state index contributed by atoms with van der Waals surface area (Å²) in [6.45, 7) is 2.44. The first-order valence-electron chi connectivity index (χ1n) is 7.29. The molecule has 22 heavy (non-hydrogen) atoms. The van der Waals surface area contributed by atoms with E-state index in [9.17, 15) is 9.59 Å². The van der Waals surface area contributed by atoms with Crippen LogP contribution in [0.1, 0.15) is 35.9 Å². The number of rotatable bonds is 8. The normalized spacial score (nSPS) is 10.2. The largest absolute Gasteiger partial charge is 0.492 e. The minimum Gasteiger partial charge on any atom is -0.492 e. The highest BCUT2D eigenvalue weighted by atomic mass is 32.1. The first-order valence-corrected chi connectivity index (χ1v) is 8.17. The molecule has 2 rings (SSSR count). The van der Waals surface area contributed by atoms with Crippen molar-refractivity contribution in [2.45, 2.75) is 26.2 Å². The summed E-state index contributed by atoms with van der Waals surface area (Å²) in [5, 5.41) is 4.71. The average molecular weight is 317 g/mol. The number of hydrogen-bond donors (Lipinski definition) is 1. The summed E-state index contributed by atoms with van der Waals surface area (Å²) in [7, 11) is 0. The fraction of sp³-hybridized carbons (Fsp3) is 0.294. The van der Waals surface area contributed by atoms with Crippen molar-refractivity contribution in [1.29, 1.82) is 0 Å². The SMILES string of the molecule is CCOc1ccccc1NC(=O)CCCC(=O)c1cccs1. The van der Waals surface area contributed by atoms with Crippen molar-refractivity contribution in [3.05, 3.63) is 46.7 Å². The second-order valence-electron chi connectivity index (χ2n) is 4.73. The summed E-state index contributed by atoms with van der Waals surface area (Å²) < 4.78 is 5.46. The van der Waals surface area contributed by atoms with E-state index >= 15 is 0 Å². The van der Waals surface area contributed by atoms with Gasteiger partial charge in [-0.05, 0) is 36.9 Å². The van der Waals surface area contributed by atoms with Crippen molar-refractivity contribution >= 4 is 28.7 Å². The topological polar surface area (TPSA) is 55.4 Å². The molecule has 0 radical (unpaired) electrons. The second kappa shape index (κ2) is 8.34. The Kier molecular flexibility index (Phi) is 6.15. The third-order valence-corrected chi connectivity index (χ3v) is 3.98. The zero-order valence-electron chi connectivity index (χ0n) is 12.5. The van der Waals surface area contributed by atoms with Gasteiger partial charge in [-0.15, -0.1) is 11.3 Å². The van der Waals surface area contributed by atoms with Crippen molar-refractivity contribution in [1.82, 2.24) is 0 Å². The molecule has 0 unspecified atom stereocenters. The number of anilines is 1. The number of carbonyl (C=O) groups excluding carboxylic acids is 2. The van der Waals surface area contributed by atoms with Gasteiger partial charge in [0.1, 0.15) is 5.75 Å². The van der Waals surface area contributed by atoms with E-state index in [4.69, 9.17) is 4.74 Å². The van der Waals surface area contributed by atoms with Crippen molar-refractivity contribution in [2.24, 2.45) is 0 Å². The minimum absolute atomic E-state index is 0.0949. The Balaban J connectivity index is 1.80. The van der Waals surface area contributed by atoms with Crippen LogP contribution in [0, 0.1) is 0 Å². The Morgan fingerprint density at radius 1 is 1.14 bits per heavy atom. The molecule has 0 bridgehead atoms. The Morgan fingerprint density at radius 2 is 1.95 bits per heavy atom. The van der Waals surface area contributed by atoms with E-state index < -0.39 is 0 Å². The lowest BCUT2D eigenvalue weighted by molar-refractivity contribution is -0.116. The molecule has 1 aromatic carbocycles. The average Bonchev–Trinajstić information content (AvgIpc) is 3.04. The van der Waals surface area contributed by atoms with Gasteiger partial charge < -0.3 is 10.1 Å². The van der Waals surface area contributed by atoms with Crippen LogP contribution in [0.4, 0.5) is 5.69 Å². The highest BCUT2D eigenvalue weighted by Gasteiger charge is 2.10. The Labute approximate surface area is 134 Å².